The monoisotopic (exact) mass is 248 g/mol. The van der Waals surface area contributed by atoms with E-state index < -0.39 is 0 Å². The second-order valence-corrected chi connectivity index (χ2v) is 5.02. The highest BCUT2D eigenvalue weighted by Gasteiger charge is 2.22. The third kappa shape index (κ3) is 3.47. The number of likely N-dealkylation sites (N-methyl/N-ethyl adjacent to an activating group) is 1. The molecule has 0 aliphatic heterocycles. The fourth-order valence-electron chi connectivity index (χ4n) is 2.71. The Bertz CT molecular complexity index is 350. The topological polar surface area (TPSA) is 33.3 Å². The summed E-state index contributed by atoms with van der Waals surface area (Å²) in [5, 5.41) is 7.10. The molecule has 3 nitrogen and oxygen atoms in total. The van der Waals surface area contributed by atoms with Crippen molar-refractivity contribution in [3.8, 4) is 5.75 Å². The van der Waals surface area contributed by atoms with Gasteiger partial charge in [0.2, 0.25) is 0 Å². The molecule has 0 amide bonds. The predicted molar refractivity (Wildman–Crippen MR) is 74.9 cm³/mol. The Morgan fingerprint density at radius 2 is 1.78 bits per heavy atom. The molecule has 0 heterocycles. The number of benzene rings is 1. The average Bonchev–Trinajstić information content (AvgIpc) is 2.46. The fraction of sp³-hybridized carbons (Fsp3) is 0.600. The lowest BCUT2D eigenvalue weighted by Gasteiger charge is -2.32. The van der Waals surface area contributed by atoms with Crippen LogP contribution < -0.4 is 15.4 Å². The highest BCUT2D eigenvalue weighted by atomic mass is 16.5. The van der Waals surface area contributed by atoms with Crippen LogP contribution in [0, 0.1) is 0 Å². The van der Waals surface area contributed by atoms with Crippen molar-refractivity contribution >= 4 is 0 Å². The van der Waals surface area contributed by atoms with Crippen molar-refractivity contribution in [1.82, 2.24) is 10.6 Å². The van der Waals surface area contributed by atoms with Gasteiger partial charge in [-0.3, -0.25) is 0 Å². The van der Waals surface area contributed by atoms with Crippen LogP contribution in [0.15, 0.2) is 24.3 Å². The third-order valence-corrected chi connectivity index (χ3v) is 3.86. The number of hydrogen-bond acceptors (Lipinski definition) is 3. The average molecular weight is 248 g/mol. The SMILES string of the molecule is CNC1CCCCC1NCc1ccc(OC)cc1. The highest BCUT2D eigenvalue weighted by molar-refractivity contribution is 5.27. The quantitative estimate of drug-likeness (QED) is 0.839. The molecule has 0 bridgehead atoms. The van der Waals surface area contributed by atoms with Gasteiger partial charge in [0, 0.05) is 18.6 Å². The van der Waals surface area contributed by atoms with Crippen LogP contribution in [0.5, 0.6) is 5.75 Å². The Labute approximate surface area is 110 Å². The zero-order chi connectivity index (χ0) is 12.8. The van der Waals surface area contributed by atoms with E-state index in [1.165, 1.54) is 31.2 Å². The molecule has 2 atom stereocenters. The van der Waals surface area contributed by atoms with E-state index in [-0.39, 0.29) is 0 Å². The first-order valence-corrected chi connectivity index (χ1v) is 6.87. The van der Waals surface area contributed by atoms with E-state index in [4.69, 9.17) is 4.74 Å². The first kappa shape index (κ1) is 13.4. The number of nitrogens with one attached hydrogen (secondary N) is 2. The molecule has 1 aliphatic rings. The van der Waals surface area contributed by atoms with Crippen LogP contribution in [0.2, 0.25) is 0 Å². The molecule has 0 aromatic heterocycles. The Morgan fingerprint density at radius 3 is 2.39 bits per heavy atom. The summed E-state index contributed by atoms with van der Waals surface area (Å²) in [6.45, 7) is 0.937. The molecule has 1 saturated carbocycles. The molecule has 3 heteroatoms. The Balaban J connectivity index is 1.85. The fourth-order valence-corrected chi connectivity index (χ4v) is 2.71. The smallest absolute Gasteiger partial charge is 0.118 e. The highest BCUT2D eigenvalue weighted by Crippen LogP contribution is 2.19. The van der Waals surface area contributed by atoms with Crippen LogP contribution in [0.1, 0.15) is 31.2 Å². The number of rotatable bonds is 5. The first-order valence-electron chi connectivity index (χ1n) is 6.87. The Kier molecular flexibility index (Phi) is 5.02. The molecule has 100 valence electrons. The van der Waals surface area contributed by atoms with E-state index in [1.807, 2.05) is 12.1 Å². The maximum Gasteiger partial charge on any atom is 0.118 e. The van der Waals surface area contributed by atoms with Gasteiger partial charge >= 0.3 is 0 Å². The molecule has 0 radical (unpaired) electrons. The van der Waals surface area contributed by atoms with Crippen molar-refractivity contribution in [3.63, 3.8) is 0 Å². The lowest BCUT2D eigenvalue weighted by molar-refractivity contribution is 0.294. The molecule has 1 aromatic carbocycles. The summed E-state index contributed by atoms with van der Waals surface area (Å²) in [7, 11) is 3.77. The summed E-state index contributed by atoms with van der Waals surface area (Å²) in [5.74, 6) is 0.921. The summed E-state index contributed by atoms with van der Waals surface area (Å²) < 4.78 is 5.17. The minimum atomic E-state index is 0.603. The van der Waals surface area contributed by atoms with Crippen LogP contribution in [0.25, 0.3) is 0 Å². The molecule has 2 unspecified atom stereocenters. The Morgan fingerprint density at radius 1 is 1.11 bits per heavy atom. The molecule has 1 fully saturated rings. The van der Waals surface area contributed by atoms with Gasteiger partial charge in [0.1, 0.15) is 5.75 Å². The van der Waals surface area contributed by atoms with Crippen molar-refractivity contribution in [2.75, 3.05) is 14.2 Å². The van der Waals surface area contributed by atoms with E-state index in [0.29, 0.717) is 12.1 Å². The van der Waals surface area contributed by atoms with Gasteiger partial charge in [0.25, 0.3) is 0 Å². The Hall–Kier alpha value is -1.06. The molecule has 0 spiro atoms. The first-order chi connectivity index (χ1) is 8.83. The molecule has 18 heavy (non-hydrogen) atoms. The van der Waals surface area contributed by atoms with Gasteiger partial charge in [0.05, 0.1) is 7.11 Å². The maximum absolute atomic E-state index is 5.17. The minimum absolute atomic E-state index is 0.603. The van der Waals surface area contributed by atoms with E-state index in [0.717, 1.165) is 12.3 Å². The third-order valence-electron chi connectivity index (χ3n) is 3.86. The summed E-state index contributed by atoms with van der Waals surface area (Å²) in [6.07, 6.45) is 5.27. The second kappa shape index (κ2) is 6.76. The summed E-state index contributed by atoms with van der Waals surface area (Å²) in [5.41, 5.74) is 1.32. The van der Waals surface area contributed by atoms with Crippen molar-refractivity contribution in [1.29, 1.82) is 0 Å². The zero-order valence-electron chi connectivity index (χ0n) is 11.4. The number of ether oxygens (including phenoxy) is 1. The van der Waals surface area contributed by atoms with Crippen LogP contribution in [0.3, 0.4) is 0 Å². The molecular weight excluding hydrogens is 224 g/mol. The van der Waals surface area contributed by atoms with Crippen molar-refractivity contribution in [2.24, 2.45) is 0 Å². The van der Waals surface area contributed by atoms with Gasteiger partial charge in [-0.15, -0.1) is 0 Å². The molecule has 2 rings (SSSR count). The van der Waals surface area contributed by atoms with Gasteiger partial charge in [-0.1, -0.05) is 25.0 Å². The van der Waals surface area contributed by atoms with Crippen LogP contribution in [0.4, 0.5) is 0 Å². The standard InChI is InChI=1S/C15H24N2O/c1-16-14-5-3-4-6-15(14)17-11-12-7-9-13(18-2)10-8-12/h7-10,14-17H,3-6,11H2,1-2H3. The van der Waals surface area contributed by atoms with Crippen LogP contribution >= 0.6 is 0 Å². The van der Waals surface area contributed by atoms with Gasteiger partial charge in [-0.05, 0) is 37.6 Å². The van der Waals surface area contributed by atoms with Crippen molar-refractivity contribution in [2.45, 2.75) is 44.3 Å². The summed E-state index contributed by atoms with van der Waals surface area (Å²) in [4.78, 5) is 0. The van der Waals surface area contributed by atoms with Gasteiger partial charge in [0.15, 0.2) is 0 Å². The van der Waals surface area contributed by atoms with E-state index in [2.05, 4.69) is 29.8 Å². The van der Waals surface area contributed by atoms with Crippen LogP contribution in [-0.2, 0) is 6.54 Å². The lowest BCUT2D eigenvalue weighted by Crippen LogP contribution is -2.48. The van der Waals surface area contributed by atoms with Gasteiger partial charge < -0.3 is 15.4 Å². The molecule has 1 aliphatic carbocycles. The second-order valence-electron chi connectivity index (χ2n) is 5.02. The van der Waals surface area contributed by atoms with E-state index >= 15 is 0 Å². The molecule has 2 N–H and O–H groups in total. The normalized spacial score (nSPS) is 23.9. The maximum atomic E-state index is 5.17. The lowest BCUT2D eigenvalue weighted by atomic mass is 9.90. The molecule has 0 saturated heterocycles. The van der Waals surface area contributed by atoms with Gasteiger partial charge in [-0.25, -0.2) is 0 Å². The minimum Gasteiger partial charge on any atom is -0.497 e. The van der Waals surface area contributed by atoms with E-state index in [1.54, 1.807) is 7.11 Å². The number of methoxy groups -OCH3 is 1. The molecule has 1 aromatic rings. The van der Waals surface area contributed by atoms with E-state index in [9.17, 15) is 0 Å². The van der Waals surface area contributed by atoms with Crippen LogP contribution in [-0.4, -0.2) is 26.2 Å². The largest absolute Gasteiger partial charge is 0.497 e. The zero-order valence-corrected chi connectivity index (χ0v) is 11.4. The summed E-state index contributed by atoms with van der Waals surface area (Å²) in [6, 6.07) is 9.52. The summed E-state index contributed by atoms with van der Waals surface area (Å²) >= 11 is 0. The number of hydrogen-bond donors (Lipinski definition) is 2. The predicted octanol–water partition coefficient (Wildman–Crippen LogP) is 2.32. The van der Waals surface area contributed by atoms with Crippen molar-refractivity contribution < 1.29 is 4.74 Å². The molecular formula is C15H24N2O. The van der Waals surface area contributed by atoms with Gasteiger partial charge in [-0.2, -0.15) is 0 Å². The van der Waals surface area contributed by atoms with Crippen molar-refractivity contribution in [3.05, 3.63) is 29.8 Å².